The summed E-state index contributed by atoms with van der Waals surface area (Å²) >= 11 is 0. The zero-order valence-electron chi connectivity index (χ0n) is 17.1. The van der Waals surface area contributed by atoms with Crippen molar-refractivity contribution in [3.63, 3.8) is 0 Å². The van der Waals surface area contributed by atoms with Gasteiger partial charge in [-0.3, -0.25) is 0 Å². The average Bonchev–Trinajstić information content (AvgIpc) is 2.65. The molecule has 2 aliphatic rings. The van der Waals surface area contributed by atoms with Crippen LogP contribution in [-0.2, 0) is 5.41 Å². The van der Waals surface area contributed by atoms with E-state index < -0.39 is 0 Å². The smallest absolute Gasteiger partial charge is 0.137 e. The van der Waals surface area contributed by atoms with Crippen LogP contribution in [0.15, 0.2) is 65.1 Å². The number of hydrogen-bond donors (Lipinski definition) is 1. The highest BCUT2D eigenvalue weighted by molar-refractivity contribution is 6.02. The van der Waals surface area contributed by atoms with Crippen LogP contribution in [0.2, 0.25) is 0 Å². The monoisotopic (exact) mass is 370 g/mol. The zero-order valence-corrected chi connectivity index (χ0v) is 17.1. The molecule has 0 fully saturated rings. The van der Waals surface area contributed by atoms with E-state index in [1.807, 2.05) is 26.2 Å². The Morgan fingerprint density at radius 2 is 1.57 bits per heavy atom. The van der Waals surface area contributed by atoms with Crippen molar-refractivity contribution in [1.82, 2.24) is 0 Å². The first-order valence-corrected chi connectivity index (χ1v) is 9.57. The zero-order chi connectivity index (χ0) is 20.1. The summed E-state index contributed by atoms with van der Waals surface area (Å²) in [6.45, 7) is 6.69. The van der Waals surface area contributed by atoms with Crippen LogP contribution >= 0.6 is 0 Å². The van der Waals surface area contributed by atoms with E-state index in [4.69, 9.17) is 9.83 Å². The third-order valence-electron chi connectivity index (χ3n) is 5.26. The number of hydrogen-bond acceptors (Lipinski definition) is 3. The summed E-state index contributed by atoms with van der Waals surface area (Å²) in [5, 5.41) is 9.53. The van der Waals surface area contributed by atoms with Gasteiger partial charge in [0.25, 0.3) is 0 Å². The minimum absolute atomic E-state index is 0.120. The topological polar surface area (TPSA) is 40.2 Å². The molecule has 3 nitrogen and oxygen atoms in total. The molecular formula is C25H26N2O. The lowest BCUT2D eigenvalue weighted by atomic mass is 9.85. The van der Waals surface area contributed by atoms with Gasteiger partial charge in [0.05, 0.1) is 5.36 Å². The van der Waals surface area contributed by atoms with Gasteiger partial charge < -0.3 is 14.7 Å². The molecule has 4 rings (SSSR count). The average molecular weight is 370 g/mol. The van der Waals surface area contributed by atoms with E-state index in [-0.39, 0.29) is 5.41 Å². The lowest BCUT2D eigenvalue weighted by molar-refractivity contribution is 0.590. The Labute approximate surface area is 166 Å². The lowest BCUT2D eigenvalue weighted by Gasteiger charge is -2.21. The summed E-state index contributed by atoms with van der Waals surface area (Å²) in [6, 6.07) is 20.8. The predicted octanol–water partition coefficient (Wildman–Crippen LogP) is 6.05. The molecule has 0 unspecified atom stereocenters. The van der Waals surface area contributed by atoms with Gasteiger partial charge in [0.2, 0.25) is 0 Å². The number of nitrogens with one attached hydrogen (secondary N) is 1. The van der Waals surface area contributed by atoms with Gasteiger partial charge >= 0.3 is 0 Å². The molecule has 0 aromatic heterocycles. The third kappa shape index (κ3) is 3.18. The normalized spacial score (nSPS) is 11.9. The minimum Gasteiger partial charge on any atom is -0.456 e. The van der Waals surface area contributed by atoms with E-state index in [9.17, 15) is 0 Å². The Kier molecular flexibility index (Phi) is 4.26. The minimum atomic E-state index is 0.120. The standard InChI is InChI=1S/C25H26N2O/c1-25(2,3)17-8-6-16(7-9-17)24-20-12-10-18(26)14-22(20)28-23-15-19(27(4)5)11-13-21(23)24/h6-15,26H,1-5H3. The number of benzene rings is 3. The maximum Gasteiger partial charge on any atom is 0.137 e. The molecule has 0 saturated carbocycles. The molecule has 1 aliphatic heterocycles. The van der Waals surface area contributed by atoms with Gasteiger partial charge in [-0.1, -0.05) is 45.0 Å². The Balaban J connectivity index is 2.03. The first kappa shape index (κ1) is 18.3. The molecule has 2 aromatic carbocycles. The van der Waals surface area contributed by atoms with Crippen LogP contribution in [0.1, 0.15) is 26.3 Å². The lowest BCUT2D eigenvalue weighted by Crippen LogP contribution is -2.10. The van der Waals surface area contributed by atoms with Crippen molar-refractivity contribution in [3.05, 3.63) is 71.6 Å². The van der Waals surface area contributed by atoms with Crippen molar-refractivity contribution in [1.29, 1.82) is 5.41 Å². The van der Waals surface area contributed by atoms with Gasteiger partial charge in [0, 0.05) is 48.4 Å². The highest BCUT2D eigenvalue weighted by Gasteiger charge is 2.19. The Bertz CT molecular complexity index is 1180. The predicted molar refractivity (Wildman–Crippen MR) is 117 cm³/mol. The molecule has 28 heavy (non-hydrogen) atoms. The molecule has 3 heteroatoms. The van der Waals surface area contributed by atoms with Crippen LogP contribution in [0.3, 0.4) is 0 Å². The van der Waals surface area contributed by atoms with Crippen LogP contribution in [0.4, 0.5) is 5.69 Å². The SMILES string of the molecule is CN(C)c1ccc2c(-c3ccc(C(C)(C)C)cc3)c3ccc(=N)cc-3oc2c1. The summed E-state index contributed by atoms with van der Waals surface area (Å²) in [7, 11) is 4.05. The molecule has 0 amide bonds. The largest absolute Gasteiger partial charge is 0.456 e. The van der Waals surface area contributed by atoms with Crippen LogP contribution in [0, 0.1) is 5.41 Å². The number of fused-ring (bicyclic) bond motifs is 2. The molecule has 0 bridgehead atoms. The molecule has 0 atom stereocenters. The Morgan fingerprint density at radius 1 is 0.857 bits per heavy atom. The van der Waals surface area contributed by atoms with E-state index in [1.165, 1.54) is 5.56 Å². The van der Waals surface area contributed by atoms with E-state index >= 15 is 0 Å². The highest BCUT2D eigenvalue weighted by Crippen LogP contribution is 2.41. The van der Waals surface area contributed by atoms with Crippen molar-refractivity contribution < 1.29 is 4.42 Å². The molecule has 0 saturated heterocycles. The maximum absolute atomic E-state index is 8.00. The molecule has 2 aromatic rings. The van der Waals surface area contributed by atoms with E-state index in [2.05, 4.69) is 68.1 Å². The summed E-state index contributed by atoms with van der Waals surface area (Å²) in [4.78, 5) is 2.07. The van der Waals surface area contributed by atoms with Gasteiger partial charge in [0.1, 0.15) is 11.3 Å². The van der Waals surface area contributed by atoms with Gasteiger partial charge in [-0.25, -0.2) is 0 Å². The van der Waals surface area contributed by atoms with Crippen LogP contribution in [-0.4, -0.2) is 14.1 Å². The third-order valence-corrected chi connectivity index (χ3v) is 5.26. The van der Waals surface area contributed by atoms with E-state index in [0.717, 1.165) is 39.1 Å². The maximum atomic E-state index is 8.00. The van der Waals surface area contributed by atoms with Crippen molar-refractivity contribution in [2.24, 2.45) is 0 Å². The summed E-state index contributed by atoms with van der Waals surface area (Å²) in [5.74, 6) is 0.741. The van der Waals surface area contributed by atoms with Crippen LogP contribution in [0.5, 0.6) is 0 Å². The molecule has 0 radical (unpaired) electrons. The fourth-order valence-corrected chi connectivity index (χ4v) is 3.60. The Morgan fingerprint density at radius 3 is 2.21 bits per heavy atom. The van der Waals surface area contributed by atoms with E-state index in [1.54, 1.807) is 6.07 Å². The van der Waals surface area contributed by atoms with Gasteiger partial charge in [-0.15, -0.1) is 0 Å². The van der Waals surface area contributed by atoms with Gasteiger partial charge in [0.15, 0.2) is 0 Å². The van der Waals surface area contributed by atoms with E-state index in [0.29, 0.717) is 5.36 Å². The van der Waals surface area contributed by atoms with Crippen molar-refractivity contribution in [3.8, 4) is 22.5 Å². The number of nitrogens with zero attached hydrogens (tertiary/aromatic N) is 1. The first-order valence-electron chi connectivity index (χ1n) is 9.57. The Hall–Kier alpha value is -3.07. The molecular weight excluding hydrogens is 344 g/mol. The quantitative estimate of drug-likeness (QED) is 0.437. The molecule has 142 valence electrons. The van der Waals surface area contributed by atoms with Crippen molar-refractivity contribution in [2.45, 2.75) is 26.2 Å². The fourth-order valence-electron chi connectivity index (χ4n) is 3.60. The number of anilines is 1. The fraction of sp³-hybridized carbons (Fsp3) is 0.240. The van der Waals surface area contributed by atoms with Gasteiger partial charge in [-0.05, 0) is 40.8 Å². The molecule has 1 aliphatic carbocycles. The molecule has 1 N–H and O–H groups in total. The van der Waals surface area contributed by atoms with Gasteiger partial charge in [-0.2, -0.15) is 0 Å². The number of rotatable bonds is 2. The molecule has 1 heterocycles. The van der Waals surface area contributed by atoms with Crippen LogP contribution in [0.25, 0.3) is 33.4 Å². The van der Waals surface area contributed by atoms with Crippen LogP contribution < -0.4 is 10.3 Å². The highest BCUT2D eigenvalue weighted by atomic mass is 16.3. The second-order valence-electron chi connectivity index (χ2n) is 8.59. The first-order chi connectivity index (χ1) is 13.2. The summed E-state index contributed by atoms with van der Waals surface area (Å²) < 4.78 is 6.21. The second kappa shape index (κ2) is 6.52. The summed E-state index contributed by atoms with van der Waals surface area (Å²) in [5.41, 5.74) is 6.70. The summed E-state index contributed by atoms with van der Waals surface area (Å²) in [6.07, 6.45) is 0. The van der Waals surface area contributed by atoms with Crippen molar-refractivity contribution >= 4 is 16.7 Å². The molecule has 0 spiro atoms. The van der Waals surface area contributed by atoms with Crippen molar-refractivity contribution in [2.75, 3.05) is 19.0 Å². The second-order valence-corrected chi connectivity index (χ2v) is 8.59.